The highest BCUT2D eigenvalue weighted by atomic mass is 16.4. The standard InChI is InChI=1S/C13H14N2O2/c16-13(17)6-8-15-9-7-14-12(15)10-11-4-2-1-3-5-11/h1-5,7,9H,6,8,10H2,(H,16,17). The largest absolute Gasteiger partial charge is 0.481 e. The molecule has 1 N–H and O–H groups in total. The quantitative estimate of drug-likeness (QED) is 0.854. The molecule has 0 bridgehead atoms. The van der Waals surface area contributed by atoms with Gasteiger partial charge in [-0.3, -0.25) is 4.79 Å². The van der Waals surface area contributed by atoms with Crippen LogP contribution < -0.4 is 0 Å². The summed E-state index contributed by atoms with van der Waals surface area (Å²) in [6, 6.07) is 10.0. The SMILES string of the molecule is O=C(O)CCn1ccnc1Cc1ccccc1. The summed E-state index contributed by atoms with van der Waals surface area (Å²) in [7, 11) is 0. The highest BCUT2D eigenvalue weighted by molar-refractivity contribution is 5.66. The van der Waals surface area contributed by atoms with Crippen molar-refractivity contribution in [2.45, 2.75) is 19.4 Å². The number of rotatable bonds is 5. The van der Waals surface area contributed by atoms with Crippen LogP contribution in [0.3, 0.4) is 0 Å². The van der Waals surface area contributed by atoms with Gasteiger partial charge in [-0.1, -0.05) is 30.3 Å². The van der Waals surface area contributed by atoms with Gasteiger partial charge in [0.15, 0.2) is 0 Å². The van der Waals surface area contributed by atoms with Crippen molar-refractivity contribution in [3.63, 3.8) is 0 Å². The van der Waals surface area contributed by atoms with Gasteiger partial charge >= 0.3 is 5.97 Å². The summed E-state index contributed by atoms with van der Waals surface area (Å²) in [5, 5.41) is 8.66. The summed E-state index contributed by atoms with van der Waals surface area (Å²) in [5.74, 6) is 0.113. The van der Waals surface area contributed by atoms with Crippen LogP contribution in [0.25, 0.3) is 0 Å². The number of hydrogen-bond acceptors (Lipinski definition) is 2. The average Bonchev–Trinajstić information content (AvgIpc) is 2.75. The Morgan fingerprint density at radius 1 is 1.29 bits per heavy atom. The second-order valence-electron chi connectivity index (χ2n) is 3.84. The van der Waals surface area contributed by atoms with Gasteiger partial charge in [-0.2, -0.15) is 0 Å². The average molecular weight is 230 g/mol. The Morgan fingerprint density at radius 3 is 2.76 bits per heavy atom. The van der Waals surface area contributed by atoms with E-state index in [1.807, 2.05) is 41.1 Å². The molecule has 2 aromatic rings. The van der Waals surface area contributed by atoms with Gasteiger partial charge < -0.3 is 9.67 Å². The number of carboxylic acid groups (broad SMARTS) is 1. The van der Waals surface area contributed by atoms with Crippen LogP contribution in [0.15, 0.2) is 42.7 Å². The van der Waals surface area contributed by atoms with E-state index in [9.17, 15) is 4.79 Å². The Morgan fingerprint density at radius 2 is 2.06 bits per heavy atom. The Hall–Kier alpha value is -2.10. The number of benzene rings is 1. The maximum absolute atomic E-state index is 10.5. The van der Waals surface area contributed by atoms with E-state index in [0.29, 0.717) is 6.54 Å². The number of aryl methyl sites for hydroxylation is 1. The van der Waals surface area contributed by atoms with Gasteiger partial charge in [0.25, 0.3) is 0 Å². The third-order valence-electron chi connectivity index (χ3n) is 2.57. The van der Waals surface area contributed by atoms with E-state index >= 15 is 0 Å². The van der Waals surface area contributed by atoms with Crippen LogP contribution >= 0.6 is 0 Å². The summed E-state index contributed by atoms with van der Waals surface area (Å²) in [4.78, 5) is 14.8. The molecule has 0 spiro atoms. The van der Waals surface area contributed by atoms with Crippen LogP contribution in [0, 0.1) is 0 Å². The minimum absolute atomic E-state index is 0.123. The molecule has 0 radical (unpaired) electrons. The lowest BCUT2D eigenvalue weighted by Gasteiger charge is -2.06. The van der Waals surface area contributed by atoms with Crippen molar-refractivity contribution in [3.05, 3.63) is 54.1 Å². The molecule has 88 valence electrons. The van der Waals surface area contributed by atoms with Crippen molar-refractivity contribution in [2.24, 2.45) is 0 Å². The first-order valence-electron chi connectivity index (χ1n) is 5.51. The van der Waals surface area contributed by atoms with Gasteiger partial charge in [-0.05, 0) is 5.56 Å². The number of nitrogens with zero attached hydrogens (tertiary/aromatic N) is 2. The zero-order valence-corrected chi connectivity index (χ0v) is 9.41. The van der Waals surface area contributed by atoms with E-state index in [-0.39, 0.29) is 6.42 Å². The number of carbonyl (C=O) groups is 1. The number of imidazole rings is 1. The highest BCUT2D eigenvalue weighted by Crippen LogP contribution is 2.08. The summed E-state index contributed by atoms with van der Waals surface area (Å²) < 4.78 is 1.89. The molecule has 0 fully saturated rings. The van der Waals surface area contributed by atoms with Crippen LogP contribution in [0.4, 0.5) is 0 Å². The molecule has 0 unspecified atom stereocenters. The van der Waals surface area contributed by atoms with Gasteiger partial charge in [0.05, 0.1) is 6.42 Å². The van der Waals surface area contributed by atoms with E-state index in [1.54, 1.807) is 6.20 Å². The molecule has 0 atom stereocenters. The number of aliphatic carboxylic acids is 1. The topological polar surface area (TPSA) is 55.1 Å². The van der Waals surface area contributed by atoms with E-state index in [4.69, 9.17) is 5.11 Å². The molecule has 0 aliphatic rings. The molecule has 0 aliphatic heterocycles. The molecule has 4 heteroatoms. The monoisotopic (exact) mass is 230 g/mol. The van der Waals surface area contributed by atoms with Crippen LogP contribution in [-0.4, -0.2) is 20.6 Å². The molecule has 1 aromatic carbocycles. The zero-order chi connectivity index (χ0) is 12.1. The van der Waals surface area contributed by atoms with Crippen LogP contribution in [-0.2, 0) is 17.8 Å². The van der Waals surface area contributed by atoms with E-state index in [1.165, 1.54) is 5.56 Å². The molecule has 2 rings (SSSR count). The maximum atomic E-state index is 10.5. The van der Waals surface area contributed by atoms with Crippen LogP contribution in [0.5, 0.6) is 0 Å². The van der Waals surface area contributed by atoms with Crippen LogP contribution in [0.1, 0.15) is 17.8 Å². The molecule has 0 amide bonds. The predicted molar refractivity (Wildman–Crippen MR) is 63.7 cm³/mol. The lowest BCUT2D eigenvalue weighted by molar-refractivity contribution is -0.137. The van der Waals surface area contributed by atoms with Crippen molar-refractivity contribution in [2.75, 3.05) is 0 Å². The van der Waals surface area contributed by atoms with Crippen LogP contribution in [0.2, 0.25) is 0 Å². The van der Waals surface area contributed by atoms with Crippen molar-refractivity contribution < 1.29 is 9.90 Å². The smallest absolute Gasteiger partial charge is 0.305 e. The molecule has 0 aliphatic carbocycles. The Kier molecular flexibility index (Phi) is 3.55. The number of carboxylic acids is 1. The fraction of sp³-hybridized carbons (Fsp3) is 0.231. The van der Waals surface area contributed by atoms with Gasteiger partial charge in [-0.15, -0.1) is 0 Å². The molecule has 1 heterocycles. The number of aromatic nitrogens is 2. The minimum Gasteiger partial charge on any atom is -0.481 e. The molecular weight excluding hydrogens is 216 g/mol. The summed E-state index contributed by atoms with van der Waals surface area (Å²) in [6.07, 6.45) is 4.38. The molecule has 4 nitrogen and oxygen atoms in total. The maximum Gasteiger partial charge on any atom is 0.305 e. The Bertz CT molecular complexity index is 491. The third-order valence-corrected chi connectivity index (χ3v) is 2.57. The van der Waals surface area contributed by atoms with E-state index in [2.05, 4.69) is 4.98 Å². The first kappa shape index (κ1) is 11.4. The fourth-order valence-corrected chi connectivity index (χ4v) is 1.71. The zero-order valence-electron chi connectivity index (χ0n) is 9.41. The second-order valence-corrected chi connectivity index (χ2v) is 3.84. The first-order valence-corrected chi connectivity index (χ1v) is 5.51. The molecule has 17 heavy (non-hydrogen) atoms. The normalized spacial score (nSPS) is 10.4. The summed E-state index contributed by atoms with van der Waals surface area (Å²) >= 11 is 0. The minimum atomic E-state index is -0.788. The van der Waals surface area contributed by atoms with Crippen molar-refractivity contribution in [1.82, 2.24) is 9.55 Å². The lowest BCUT2D eigenvalue weighted by Crippen LogP contribution is -2.07. The first-order chi connectivity index (χ1) is 8.25. The lowest BCUT2D eigenvalue weighted by atomic mass is 10.1. The van der Waals surface area contributed by atoms with Gasteiger partial charge in [0, 0.05) is 25.4 Å². The van der Waals surface area contributed by atoms with E-state index in [0.717, 1.165) is 12.2 Å². The molecule has 0 saturated heterocycles. The van der Waals surface area contributed by atoms with Crippen molar-refractivity contribution in [3.8, 4) is 0 Å². The summed E-state index contributed by atoms with van der Waals surface area (Å²) in [6.45, 7) is 0.470. The summed E-state index contributed by atoms with van der Waals surface area (Å²) in [5.41, 5.74) is 1.18. The predicted octanol–water partition coefficient (Wildman–Crippen LogP) is 1.95. The Labute approximate surface area is 99.5 Å². The van der Waals surface area contributed by atoms with Crippen molar-refractivity contribution >= 4 is 5.97 Å². The number of hydrogen-bond donors (Lipinski definition) is 1. The Balaban J connectivity index is 2.06. The van der Waals surface area contributed by atoms with Gasteiger partial charge in [0.2, 0.25) is 0 Å². The third kappa shape index (κ3) is 3.17. The molecular formula is C13H14N2O2. The van der Waals surface area contributed by atoms with E-state index < -0.39 is 5.97 Å². The van der Waals surface area contributed by atoms with Gasteiger partial charge in [-0.25, -0.2) is 4.98 Å². The van der Waals surface area contributed by atoms with Crippen molar-refractivity contribution in [1.29, 1.82) is 0 Å². The highest BCUT2D eigenvalue weighted by Gasteiger charge is 2.05. The second kappa shape index (κ2) is 5.30. The van der Waals surface area contributed by atoms with Gasteiger partial charge in [0.1, 0.15) is 5.82 Å². The molecule has 1 aromatic heterocycles. The molecule has 0 saturated carbocycles. The fourth-order valence-electron chi connectivity index (χ4n) is 1.71.